The van der Waals surface area contributed by atoms with E-state index in [4.69, 9.17) is 11.6 Å². The Balaban J connectivity index is 2.32. The molecule has 1 aromatic heterocycles. The first-order valence-electron chi connectivity index (χ1n) is 7.01. The lowest BCUT2D eigenvalue weighted by Crippen LogP contribution is -2.09. The summed E-state index contributed by atoms with van der Waals surface area (Å²) in [4.78, 5) is 0. The van der Waals surface area contributed by atoms with Gasteiger partial charge in [-0.3, -0.25) is 4.68 Å². The first-order chi connectivity index (χ1) is 9.85. The molecule has 0 saturated heterocycles. The Hall–Kier alpha value is -0.840. The van der Waals surface area contributed by atoms with Crippen LogP contribution in [0.4, 0.5) is 0 Å². The lowest BCUT2D eigenvalue weighted by atomic mass is 10.00. The summed E-state index contributed by atoms with van der Waals surface area (Å²) >= 11 is 9.86. The third-order valence-corrected chi connectivity index (χ3v) is 5.43. The molecule has 3 nitrogen and oxygen atoms in total. The van der Waals surface area contributed by atoms with Gasteiger partial charge in [0.1, 0.15) is 0 Å². The van der Waals surface area contributed by atoms with E-state index in [2.05, 4.69) is 21.0 Å². The van der Waals surface area contributed by atoms with Crippen molar-refractivity contribution in [3.05, 3.63) is 49.7 Å². The van der Waals surface area contributed by atoms with Gasteiger partial charge in [0.05, 0.1) is 22.5 Å². The van der Waals surface area contributed by atoms with Crippen molar-refractivity contribution in [3.63, 3.8) is 0 Å². The summed E-state index contributed by atoms with van der Waals surface area (Å²) in [7, 11) is 0. The van der Waals surface area contributed by atoms with Crippen LogP contribution in [-0.4, -0.2) is 14.9 Å². The molecule has 114 valence electrons. The number of hydrogen-bond acceptors (Lipinski definition) is 2. The van der Waals surface area contributed by atoms with Crippen molar-refractivity contribution in [2.24, 2.45) is 0 Å². The number of halogens is 2. The Morgan fingerprint density at radius 2 is 1.86 bits per heavy atom. The van der Waals surface area contributed by atoms with Crippen LogP contribution in [-0.2, 0) is 13.0 Å². The first-order valence-corrected chi connectivity index (χ1v) is 8.18. The lowest BCUT2D eigenvalue weighted by molar-refractivity contribution is 0.175. The zero-order valence-corrected chi connectivity index (χ0v) is 15.1. The molecule has 1 unspecified atom stereocenters. The zero-order chi connectivity index (χ0) is 15.7. The SMILES string of the molecule is CCn1nc(C)c(Cl)c1CC(O)c1cc(C)c(Br)c(C)c1. The van der Waals surface area contributed by atoms with Crippen molar-refractivity contribution in [2.75, 3.05) is 0 Å². The minimum atomic E-state index is -0.589. The number of rotatable bonds is 4. The Morgan fingerprint density at radius 3 is 2.38 bits per heavy atom. The number of aliphatic hydroxyl groups excluding tert-OH is 1. The van der Waals surface area contributed by atoms with Crippen LogP contribution >= 0.6 is 27.5 Å². The van der Waals surface area contributed by atoms with E-state index in [1.807, 2.05) is 44.5 Å². The van der Waals surface area contributed by atoms with Crippen LogP contribution in [0.3, 0.4) is 0 Å². The van der Waals surface area contributed by atoms with E-state index >= 15 is 0 Å². The highest BCUT2D eigenvalue weighted by atomic mass is 79.9. The summed E-state index contributed by atoms with van der Waals surface area (Å²) in [5.41, 5.74) is 4.85. The molecule has 0 fully saturated rings. The maximum atomic E-state index is 10.6. The van der Waals surface area contributed by atoms with E-state index in [0.717, 1.165) is 39.1 Å². The maximum absolute atomic E-state index is 10.6. The molecule has 1 aromatic carbocycles. The number of hydrogen-bond donors (Lipinski definition) is 1. The fraction of sp³-hybridized carbons (Fsp3) is 0.438. The number of nitrogens with zero attached hydrogens (tertiary/aromatic N) is 2. The van der Waals surface area contributed by atoms with E-state index in [-0.39, 0.29) is 0 Å². The maximum Gasteiger partial charge on any atom is 0.0848 e. The van der Waals surface area contributed by atoms with Crippen LogP contribution < -0.4 is 0 Å². The molecule has 0 aliphatic carbocycles. The monoisotopic (exact) mass is 370 g/mol. The summed E-state index contributed by atoms with van der Waals surface area (Å²) in [5, 5.41) is 15.6. The van der Waals surface area contributed by atoms with Crippen LogP contribution in [0, 0.1) is 20.8 Å². The van der Waals surface area contributed by atoms with E-state index in [1.165, 1.54) is 0 Å². The van der Waals surface area contributed by atoms with Gasteiger partial charge in [0.25, 0.3) is 0 Å². The average molecular weight is 372 g/mol. The number of aliphatic hydroxyl groups is 1. The first kappa shape index (κ1) is 16.5. The molecular weight excluding hydrogens is 352 g/mol. The number of aromatic nitrogens is 2. The topological polar surface area (TPSA) is 38.0 Å². The standard InChI is InChI=1S/C16H20BrClN2O/c1-5-20-13(16(18)11(4)19-20)8-14(21)12-6-9(2)15(17)10(3)7-12/h6-7,14,21H,5,8H2,1-4H3. The summed E-state index contributed by atoms with van der Waals surface area (Å²) in [5.74, 6) is 0. The van der Waals surface area contributed by atoms with Crippen molar-refractivity contribution >= 4 is 27.5 Å². The quantitative estimate of drug-likeness (QED) is 0.858. The minimum Gasteiger partial charge on any atom is -0.388 e. The molecule has 2 rings (SSSR count). The molecule has 0 spiro atoms. The van der Waals surface area contributed by atoms with Crippen molar-refractivity contribution in [3.8, 4) is 0 Å². The van der Waals surface area contributed by atoms with Gasteiger partial charge in [-0.2, -0.15) is 5.10 Å². The third-order valence-electron chi connectivity index (χ3n) is 3.68. The van der Waals surface area contributed by atoms with Gasteiger partial charge in [-0.15, -0.1) is 0 Å². The van der Waals surface area contributed by atoms with Crippen molar-refractivity contribution < 1.29 is 5.11 Å². The highest BCUT2D eigenvalue weighted by Gasteiger charge is 2.18. The summed E-state index contributed by atoms with van der Waals surface area (Å²) < 4.78 is 2.95. The molecule has 1 N–H and O–H groups in total. The second kappa shape index (κ2) is 6.51. The summed E-state index contributed by atoms with van der Waals surface area (Å²) in [6.45, 7) is 8.71. The van der Waals surface area contributed by atoms with E-state index < -0.39 is 6.10 Å². The number of benzene rings is 1. The van der Waals surface area contributed by atoms with Crippen LogP contribution in [0.2, 0.25) is 5.02 Å². The second-order valence-electron chi connectivity index (χ2n) is 5.35. The summed E-state index contributed by atoms with van der Waals surface area (Å²) in [6, 6.07) is 4.02. The van der Waals surface area contributed by atoms with Gasteiger partial charge >= 0.3 is 0 Å². The Kier molecular flexibility index (Phi) is 5.12. The minimum absolute atomic E-state index is 0.466. The van der Waals surface area contributed by atoms with Gasteiger partial charge in [-0.25, -0.2) is 0 Å². The molecule has 0 aliphatic heterocycles. The molecule has 0 radical (unpaired) electrons. The van der Waals surface area contributed by atoms with Crippen molar-refractivity contribution in [1.82, 2.24) is 9.78 Å². The average Bonchev–Trinajstić information content (AvgIpc) is 2.71. The predicted molar refractivity (Wildman–Crippen MR) is 89.9 cm³/mol. The molecule has 1 heterocycles. The van der Waals surface area contributed by atoms with E-state index in [0.29, 0.717) is 11.4 Å². The van der Waals surface area contributed by atoms with Crippen LogP contribution in [0.5, 0.6) is 0 Å². The molecule has 0 saturated carbocycles. The molecule has 0 bridgehead atoms. The third kappa shape index (κ3) is 3.33. The number of aryl methyl sites for hydroxylation is 4. The van der Waals surface area contributed by atoms with Gasteiger partial charge < -0.3 is 5.11 Å². The predicted octanol–water partition coefficient (Wildman–Crippen LogP) is 4.52. The second-order valence-corrected chi connectivity index (χ2v) is 6.52. The van der Waals surface area contributed by atoms with Crippen molar-refractivity contribution in [2.45, 2.75) is 46.8 Å². The van der Waals surface area contributed by atoms with Gasteiger partial charge in [-0.1, -0.05) is 39.7 Å². The normalized spacial score (nSPS) is 12.7. The van der Waals surface area contributed by atoms with E-state index in [1.54, 1.807) is 0 Å². The fourth-order valence-corrected chi connectivity index (χ4v) is 2.98. The molecule has 0 amide bonds. The van der Waals surface area contributed by atoms with Crippen molar-refractivity contribution in [1.29, 1.82) is 0 Å². The molecule has 21 heavy (non-hydrogen) atoms. The summed E-state index contributed by atoms with van der Waals surface area (Å²) in [6.07, 6.45) is -0.122. The fourth-order valence-electron chi connectivity index (χ4n) is 2.54. The zero-order valence-electron chi connectivity index (χ0n) is 12.7. The largest absolute Gasteiger partial charge is 0.388 e. The van der Waals surface area contributed by atoms with E-state index in [9.17, 15) is 5.11 Å². The smallest absolute Gasteiger partial charge is 0.0848 e. The lowest BCUT2D eigenvalue weighted by Gasteiger charge is -2.15. The van der Waals surface area contributed by atoms with Crippen LogP contribution in [0.15, 0.2) is 16.6 Å². The molecule has 2 aromatic rings. The van der Waals surface area contributed by atoms with Crippen LogP contribution in [0.25, 0.3) is 0 Å². The van der Waals surface area contributed by atoms with Gasteiger partial charge in [0.15, 0.2) is 0 Å². The highest BCUT2D eigenvalue weighted by molar-refractivity contribution is 9.10. The molecule has 1 atom stereocenters. The molecule has 0 aliphatic rings. The van der Waals surface area contributed by atoms with Crippen LogP contribution in [0.1, 0.15) is 41.1 Å². The molecular formula is C16H20BrClN2O. The Labute approximate surface area is 139 Å². The molecule has 5 heteroatoms. The Morgan fingerprint density at radius 1 is 1.29 bits per heavy atom. The van der Waals surface area contributed by atoms with Gasteiger partial charge in [0, 0.05) is 17.4 Å². The van der Waals surface area contributed by atoms with Gasteiger partial charge in [-0.05, 0) is 44.4 Å². The highest BCUT2D eigenvalue weighted by Crippen LogP contribution is 2.29. The van der Waals surface area contributed by atoms with Gasteiger partial charge in [0.2, 0.25) is 0 Å². The Bertz CT molecular complexity index is 644.